The number of carbonyl (C=O) groups is 2. The third kappa shape index (κ3) is 5.71. The molecule has 0 aromatic heterocycles. The van der Waals surface area contributed by atoms with Crippen molar-refractivity contribution >= 4 is 12.1 Å². The van der Waals surface area contributed by atoms with E-state index < -0.39 is 24.2 Å². The van der Waals surface area contributed by atoms with Crippen LogP contribution < -0.4 is 5.32 Å². The third-order valence-electron chi connectivity index (χ3n) is 2.71. The average Bonchev–Trinajstić information content (AvgIpc) is 2.45. The summed E-state index contributed by atoms with van der Waals surface area (Å²) < 4.78 is 9.51. The van der Waals surface area contributed by atoms with E-state index in [9.17, 15) is 14.7 Å². The predicted molar refractivity (Wildman–Crippen MR) is 71.9 cm³/mol. The summed E-state index contributed by atoms with van der Waals surface area (Å²) in [5.41, 5.74) is 0.851. The molecule has 0 fully saturated rings. The fraction of sp³-hybridized carbons (Fsp3) is 0.429. The van der Waals surface area contributed by atoms with Crippen LogP contribution in [0.2, 0.25) is 0 Å². The first kappa shape index (κ1) is 16.0. The van der Waals surface area contributed by atoms with E-state index in [1.54, 1.807) is 0 Å². The Morgan fingerprint density at radius 3 is 2.50 bits per heavy atom. The Bertz CT molecular complexity index is 432. The van der Waals surface area contributed by atoms with Crippen LogP contribution >= 0.6 is 0 Å². The number of nitrogens with one attached hydrogen (secondary N) is 1. The fourth-order valence-corrected chi connectivity index (χ4v) is 1.52. The van der Waals surface area contributed by atoms with Crippen molar-refractivity contribution in [3.05, 3.63) is 35.9 Å². The number of alkyl carbamates (subject to hydrolysis) is 1. The van der Waals surface area contributed by atoms with E-state index in [1.807, 2.05) is 30.3 Å². The standard InChI is InChI=1S/C14H19NO5/c1-10(16)12(8-13(17)19-2)15-14(18)20-9-11-6-4-3-5-7-11/h3-7,10,12,16H,8-9H2,1-2H3,(H,15,18). The summed E-state index contributed by atoms with van der Waals surface area (Å²) in [5.74, 6) is -0.515. The van der Waals surface area contributed by atoms with Gasteiger partial charge in [-0.1, -0.05) is 30.3 Å². The van der Waals surface area contributed by atoms with E-state index in [0.29, 0.717) is 0 Å². The third-order valence-corrected chi connectivity index (χ3v) is 2.71. The maximum atomic E-state index is 11.6. The Morgan fingerprint density at radius 1 is 1.30 bits per heavy atom. The second-order valence-corrected chi connectivity index (χ2v) is 4.33. The zero-order chi connectivity index (χ0) is 15.0. The summed E-state index contributed by atoms with van der Waals surface area (Å²) in [6, 6.07) is 8.45. The molecule has 1 rings (SSSR count). The number of aliphatic hydroxyl groups excluding tert-OH is 1. The van der Waals surface area contributed by atoms with Crippen LogP contribution in [-0.2, 0) is 20.9 Å². The molecule has 0 radical (unpaired) electrons. The van der Waals surface area contributed by atoms with E-state index in [1.165, 1.54) is 14.0 Å². The van der Waals surface area contributed by atoms with Crippen LogP contribution in [0.15, 0.2) is 30.3 Å². The molecule has 2 unspecified atom stereocenters. The molecule has 0 bridgehead atoms. The van der Waals surface area contributed by atoms with Gasteiger partial charge in [-0.25, -0.2) is 4.79 Å². The lowest BCUT2D eigenvalue weighted by Gasteiger charge is -2.20. The molecule has 20 heavy (non-hydrogen) atoms. The number of hydrogen-bond donors (Lipinski definition) is 2. The van der Waals surface area contributed by atoms with E-state index in [-0.39, 0.29) is 13.0 Å². The second kappa shape index (κ2) is 8.16. The van der Waals surface area contributed by atoms with Gasteiger partial charge >= 0.3 is 12.1 Å². The highest BCUT2D eigenvalue weighted by Gasteiger charge is 2.22. The number of benzene rings is 1. The van der Waals surface area contributed by atoms with Gasteiger partial charge in [0.15, 0.2) is 0 Å². The van der Waals surface area contributed by atoms with Crippen molar-refractivity contribution in [3.63, 3.8) is 0 Å². The molecule has 0 aliphatic heterocycles. The summed E-state index contributed by atoms with van der Waals surface area (Å²) in [7, 11) is 1.25. The molecule has 6 nitrogen and oxygen atoms in total. The van der Waals surface area contributed by atoms with Crippen molar-refractivity contribution in [2.45, 2.75) is 32.1 Å². The van der Waals surface area contributed by atoms with Crippen molar-refractivity contribution in [2.24, 2.45) is 0 Å². The van der Waals surface area contributed by atoms with Gasteiger partial charge in [0.1, 0.15) is 6.61 Å². The Labute approximate surface area is 117 Å². The predicted octanol–water partition coefficient (Wildman–Crippen LogP) is 1.23. The van der Waals surface area contributed by atoms with Gasteiger partial charge in [-0.05, 0) is 12.5 Å². The van der Waals surface area contributed by atoms with Gasteiger partial charge in [-0.3, -0.25) is 4.79 Å². The molecule has 0 spiro atoms. The Morgan fingerprint density at radius 2 is 1.95 bits per heavy atom. The Balaban J connectivity index is 2.44. The van der Waals surface area contributed by atoms with Crippen LogP contribution in [0.25, 0.3) is 0 Å². The monoisotopic (exact) mass is 281 g/mol. The first-order valence-corrected chi connectivity index (χ1v) is 6.25. The van der Waals surface area contributed by atoms with Gasteiger partial charge in [-0.2, -0.15) is 0 Å². The van der Waals surface area contributed by atoms with Crippen LogP contribution in [0, 0.1) is 0 Å². The molecule has 0 heterocycles. The quantitative estimate of drug-likeness (QED) is 0.766. The molecule has 2 N–H and O–H groups in total. The maximum Gasteiger partial charge on any atom is 0.407 e. The summed E-state index contributed by atoms with van der Waals surface area (Å²) in [6.45, 7) is 1.60. The number of rotatable bonds is 6. The van der Waals surface area contributed by atoms with Gasteiger partial charge in [0, 0.05) is 0 Å². The van der Waals surface area contributed by atoms with Gasteiger partial charge in [0.25, 0.3) is 0 Å². The highest BCUT2D eigenvalue weighted by molar-refractivity contribution is 5.72. The molecule has 1 amide bonds. The molecular formula is C14H19NO5. The smallest absolute Gasteiger partial charge is 0.407 e. The van der Waals surface area contributed by atoms with Gasteiger partial charge in [0.05, 0.1) is 25.7 Å². The zero-order valence-electron chi connectivity index (χ0n) is 11.5. The first-order chi connectivity index (χ1) is 9.52. The van der Waals surface area contributed by atoms with Gasteiger partial charge in [0.2, 0.25) is 0 Å². The number of carbonyl (C=O) groups excluding carboxylic acids is 2. The molecule has 0 aliphatic carbocycles. The Hall–Kier alpha value is -2.08. The minimum absolute atomic E-state index is 0.116. The molecule has 0 aliphatic rings. The SMILES string of the molecule is COC(=O)CC(NC(=O)OCc1ccccc1)C(C)O. The second-order valence-electron chi connectivity index (χ2n) is 4.33. The number of methoxy groups -OCH3 is 1. The molecule has 110 valence electrons. The van der Waals surface area contributed by atoms with E-state index in [0.717, 1.165) is 5.56 Å². The van der Waals surface area contributed by atoms with Crippen LogP contribution in [0.5, 0.6) is 0 Å². The summed E-state index contributed by atoms with van der Waals surface area (Å²) in [5, 5.41) is 12.0. The van der Waals surface area contributed by atoms with E-state index >= 15 is 0 Å². The van der Waals surface area contributed by atoms with E-state index in [4.69, 9.17) is 4.74 Å². The van der Waals surface area contributed by atoms with Crippen molar-refractivity contribution in [1.29, 1.82) is 0 Å². The number of amides is 1. The molecule has 0 saturated heterocycles. The highest BCUT2D eigenvalue weighted by atomic mass is 16.5. The average molecular weight is 281 g/mol. The highest BCUT2D eigenvalue weighted by Crippen LogP contribution is 2.04. The molecule has 1 aromatic rings. The van der Waals surface area contributed by atoms with Crippen LogP contribution in [0.4, 0.5) is 4.79 Å². The minimum Gasteiger partial charge on any atom is -0.469 e. The normalized spacial score (nSPS) is 13.2. The number of ether oxygens (including phenoxy) is 2. The minimum atomic E-state index is -0.890. The van der Waals surface area contributed by atoms with Crippen molar-refractivity contribution in [3.8, 4) is 0 Å². The topological polar surface area (TPSA) is 84.9 Å². The van der Waals surface area contributed by atoms with E-state index in [2.05, 4.69) is 10.1 Å². The molecule has 2 atom stereocenters. The number of hydrogen-bond acceptors (Lipinski definition) is 5. The fourth-order valence-electron chi connectivity index (χ4n) is 1.52. The number of aliphatic hydroxyl groups is 1. The maximum absolute atomic E-state index is 11.6. The lowest BCUT2D eigenvalue weighted by molar-refractivity contribution is -0.141. The summed E-state index contributed by atoms with van der Waals surface area (Å²) in [6.07, 6.45) is -1.70. The first-order valence-electron chi connectivity index (χ1n) is 6.25. The van der Waals surface area contributed by atoms with Crippen molar-refractivity contribution < 1.29 is 24.2 Å². The molecular weight excluding hydrogens is 262 g/mol. The lowest BCUT2D eigenvalue weighted by Crippen LogP contribution is -2.43. The molecule has 1 aromatic carbocycles. The Kier molecular flexibility index (Phi) is 6.52. The van der Waals surface area contributed by atoms with Crippen LogP contribution in [-0.4, -0.2) is 36.4 Å². The lowest BCUT2D eigenvalue weighted by atomic mass is 10.1. The summed E-state index contributed by atoms with van der Waals surface area (Å²) in [4.78, 5) is 22.8. The zero-order valence-corrected chi connectivity index (χ0v) is 11.5. The van der Waals surface area contributed by atoms with Crippen LogP contribution in [0.3, 0.4) is 0 Å². The van der Waals surface area contributed by atoms with Crippen molar-refractivity contribution in [2.75, 3.05) is 7.11 Å². The van der Waals surface area contributed by atoms with Gasteiger partial charge < -0.3 is 19.9 Å². The summed E-state index contributed by atoms with van der Waals surface area (Å²) >= 11 is 0. The van der Waals surface area contributed by atoms with Crippen LogP contribution in [0.1, 0.15) is 18.9 Å². The molecule has 6 heteroatoms. The number of esters is 1. The largest absolute Gasteiger partial charge is 0.469 e. The van der Waals surface area contributed by atoms with Crippen molar-refractivity contribution in [1.82, 2.24) is 5.32 Å². The molecule has 0 saturated carbocycles. The van der Waals surface area contributed by atoms with Gasteiger partial charge in [-0.15, -0.1) is 0 Å².